The van der Waals surface area contributed by atoms with E-state index in [1.807, 2.05) is 0 Å². The summed E-state index contributed by atoms with van der Waals surface area (Å²) >= 11 is 0. The molecular weight excluding hydrogens is 212 g/mol. The molecule has 0 saturated carbocycles. The first-order chi connectivity index (χ1) is 8.24. The molecule has 0 spiro atoms. The van der Waals surface area contributed by atoms with Crippen molar-refractivity contribution in [2.75, 3.05) is 13.7 Å². The summed E-state index contributed by atoms with van der Waals surface area (Å²) in [6, 6.07) is 7.06. The lowest BCUT2D eigenvalue weighted by atomic mass is 10.1. The molecule has 94 valence electrons. The molecule has 1 fully saturated rings. The van der Waals surface area contributed by atoms with Gasteiger partial charge in [-0.15, -0.1) is 0 Å². The predicted molar refractivity (Wildman–Crippen MR) is 70.0 cm³/mol. The minimum atomic E-state index is 0.531. The zero-order valence-electron chi connectivity index (χ0n) is 10.8. The van der Waals surface area contributed by atoms with Gasteiger partial charge in [0.1, 0.15) is 5.75 Å². The monoisotopic (exact) mass is 234 g/mol. The van der Waals surface area contributed by atoms with Gasteiger partial charge in [-0.1, -0.05) is 12.1 Å². The van der Waals surface area contributed by atoms with E-state index in [4.69, 9.17) is 10.5 Å². The lowest BCUT2D eigenvalue weighted by Gasteiger charge is -2.21. The third-order valence-electron chi connectivity index (χ3n) is 3.65. The summed E-state index contributed by atoms with van der Waals surface area (Å²) in [5, 5.41) is 0. The van der Waals surface area contributed by atoms with Crippen LogP contribution in [-0.4, -0.2) is 24.6 Å². The van der Waals surface area contributed by atoms with Crippen molar-refractivity contribution < 1.29 is 4.74 Å². The first kappa shape index (κ1) is 12.4. The minimum absolute atomic E-state index is 0.531. The van der Waals surface area contributed by atoms with Crippen LogP contribution in [0, 0.1) is 0 Å². The van der Waals surface area contributed by atoms with Crippen LogP contribution >= 0.6 is 0 Å². The third-order valence-corrected chi connectivity index (χ3v) is 3.65. The molecule has 1 unspecified atom stereocenters. The summed E-state index contributed by atoms with van der Waals surface area (Å²) in [6.07, 6.45) is 2.64. The molecule has 3 nitrogen and oxygen atoms in total. The number of likely N-dealkylation sites (tertiary alicyclic amines) is 1. The molecule has 0 bridgehead atoms. The first-order valence-electron chi connectivity index (χ1n) is 6.34. The van der Waals surface area contributed by atoms with Gasteiger partial charge < -0.3 is 10.5 Å². The number of ether oxygens (including phenoxy) is 1. The van der Waals surface area contributed by atoms with E-state index in [1.54, 1.807) is 7.11 Å². The van der Waals surface area contributed by atoms with Crippen molar-refractivity contribution in [3.63, 3.8) is 0 Å². The van der Waals surface area contributed by atoms with Crippen LogP contribution in [0.25, 0.3) is 0 Å². The van der Waals surface area contributed by atoms with Crippen molar-refractivity contribution in [3.05, 3.63) is 29.3 Å². The Balaban J connectivity index is 2.10. The molecule has 2 N–H and O–H groups in total. The van der Waals surface area contributed by atoms with E-state index < -0.39 is 0 Å². The van der Waals surface area contributed by atoms with Crippen LogP contribution in [0.4, 0.5) is 0 Å². The highest BCUT2D eigenvalue weighted by molar-refractivity contribution is 5.37. The Morgan fingerprint density at radius 3 is 2.88 bits per heavy atom. The second-order valence-corrected chi connectivity index (χ2v) is 4.81. The van der Waals surface area contributed by atoms with Gasteiger partial charge in [-0.05, 0) is 37.9 Å². The standard InChI is InChI=1S/C14H22N2O/c1-11-4-3-7-16(11)10-12-5-6-13(9-15)14(8-12)17-2/h5-6,8,11H,3-4,7,9-10,15H2,1-2H3. The maximum atomic E-state index is 5.67. The van der Waals surface area contributed by atoms with Gasteiger partial charge in [0.2, 0.25) is 0 Å². The lowest BCUT2D eigenvalue weighted by Crippen LogP contribution is -2.26. The van der Waals surface area contributed by atoms with E-state index in [1.165, 1.54) is 24.9 Å². The molecule has 1 aliphatic rings. The van der Waals surface area contributed by atoms with Gasteiger partial charge in [-0.3, -0.25) is 4.90 Å². The molecular formula is C14H22N2O. The van der Waals surface area contributed by atoms with E-state index in [0.29, 0.717) is 12.6 Å². The molecule has 1 saturated heterocycles. The van der Waals surface area contributed by atoms with Gasteiger partial charge in [0.05, 0.1) is 7.11 Å². The van der Waals surface area contributed by atoms with Crippen molar-refractivity contribution in [2.24, 2.45) is 5.73 Å². The van der Waals surface area contributed by atoms with Gasteiger partial charge in [0.15, 0.2) is 0 Å². The summed E-state index contributed by atoms with van der Waals surface area (Å²) in [4.78, 5) is 2.52. The quantitative estimate of drug-likeness (QED) is 0.867. The molecule has 0 aliphatic carbocycles. The van der Waals surface area contributed by atoms with Crippen LogP contribution in [0.3, 0.4) is 0 Å². The molecule has 1 aromatic rings. The molecule has 0 amide bonds. The Morgan fingerprint density at radius 2 is 2.29 bits per heavy atom. The summed E-state index contributed by atoms with van der Waals surface area (Å²) in [7, 11) is 1.71. The van der Waals surface area contributed by atoms with Gasteiger partial charge in [0, 0.05) is 24.7 Å². The number of hydrogen-bond donors (Lipinski definition) is 1. The third kappa shape index (κ3) is 2.79. The summed E-state index contributed by atoms with van der Waals surface area (Å²) in [5.41, 5.74) is 8.06. The van der Waals surface area contributed by atoms with E-state index in [0.717, 1.165) is 17.9 Å². The summed E-state index contributed by atoms with van der Waals surface area (Å²) in [6.45, 7) is 5.06. The fraction of sp³-hybridized carbons (Fsp3) is 0.571. The van der Waals surface area contributed by atoms with Crippen molar-refractivity contribution >= 4 is 0 Å². The number of hydrogen-bond acceptors (Lipinski definition) is 3. The molecule has 1 heterocycles. The maximum absolute atomic E-state index is 5.67. The fourth-order valence-electron chi connectivity index (χ4n) is 2.52. The van der Waals surface area contributed by atoms with Gasteiger partial charge in [0.25, 0.3) is 0 Å². The number of rotatable bonds is 4. The van der Waals surface area contributed by atoms with Crippen molar-refractivity contribution in [1.29, 1.82) is 0 Å². The van der Waals surface area contributed by atoms with E-state index in [9.17, 15) is 0 Å². The Bertz CT molecular complexity index is 378. The van der Waals surface area contributed by atoms with Gasteiger partial charge >= 0.3 is 0 Å². The van der Waals surface area contributed by atoms with Crippen LogP contribution in [-0.2, 0) is 13.1 Å². The minimum Gasteiger partial charge on any atom is -0.496 e. The number of benzene rings is 1. The fourth-order valence-corrected chi connectivity index (χ4v) is 2.52. The largest absolute Gasteiger partial charge is 0.496 e. The maximum Gasteiger partial charge on any atom is 0.123 e. The zero-order valence-corrected chi connectivity index (χ0v) is 10.8. The Hall–Kier alpha value is -1.06. The molecule has 17 heavy (non-hydrogen) atoms. The topological polar surface area (TPSA) is 38.5 Å². The molecule has 1 aromatic carbocycles. The van der Waals surface area contributed by atoms with Crippen LogP contribution in [0.5, 0.6) is 5.75 Å². The normalized spacial score (nSPS) is 20.8. The molecule has 1 aliphatic heterocycles. The average Bonchev–Trinajstić information content (AvgIpc) is 2.75. The van der Waals surface area contributed by atoms with E-state index >= 15 is 0 Å². The highest BCUT2D eigenvalue weighted by atomic mass is 16.5. The summed E-state index contributed by atoms with van der Waals surface area (Å²) < 4.78 is 5.37. The second-order valence-electron chi connectivity index (χ2n) is 4.81. The van der Waals surface area contributed by atoms with Crippen molar-refractivity contribution in [2.45, 2.75) is 38.9 Å². The summed E-state index contributed by atoms with van der Waals surface area (Å²) in [5.74, 6) is 0.914. The molecule has 3 heteroatoms. The molecule has 0 aromatic heterocycles. The predicted octanol–water partition coefficient (Wildman–Crippen LogP) is 2.14. The second kappa shape index (κ2) is 5.52. The number of nitrogens with zero attached hydrogens (tertiary/aromatic N) is 1. The molecule has 0 radical (unpaired) electrons. The molecule has 1 atom stereocenters. The highest BCUT2D eigenvalue weighted by Gasteiger charge is 2.20. The van der Waals surface area contributed by atoms with Crippen molar-refractivity contribution in [1.82, 2.24) is 4.90 Å². The first-order valence-corrected chi connectivity index (χ1v) is 6.34. The van der Waals surface area contributed by atoms with Crippen LogP contribution < -0.4 is 10.5 Å². The van der Waals surface area contributed by atoms with Crippen molar-refractivity contribution in [3.8, 4) is 5.75 Å². The lowest BCUT2D eigenvalue weighted by molar-refractivity contribution is 0.260. The van der Waals surface area contributed by atoms with Crippen LogP contribution in [0.2, 0.25) is 0 Å². The highest BCUT2D eigenvalue weighted by Crippen LogP contribution is 2.23. The number of nitrogens with two attached hydrogens (primary N) is 1. The van der Waals surface area contributed by atoms with Gasteiger partial charge in [-0.2, -0.15) is 0 Å². The zero-order chi connectivity index (χ0) is 12.3. The Labute approximate surface area is 104 Å². The van der Waals surface area contributed by atoms with E-state index in [2.05, 4.69) is 30.0 Å². The molecule has 2 rings (SSSR count). The number of methoxy groups -OCH3 is 1. The van der Waals surface area contributed by atoms with Crippen LogP contribution in [0.1, 0.15) is 30.9 Å². The SMILES string of the molecule is COc1cc(CN2CCCC2C)ccc1CN. The van der Waals surface area contributed by atoms with Gasteiger partial charge in [-0.25, -0.2) is 0 Å². The Kier molecular flexibility index (Phi) is 4.02. The smallest absolute Gasteiger partial charge is 0.123 e. The Morgan fingerprint density at radius 1 is 1.47 bits per heavy atom. The average molecular weight is 234 g/mol. The van der Waals surface area contributed by atoms with E-state index in [-0.39, 0.29) is 0 Å². The van der Waals surface area contributed by atoms with Crippen LogP contribution in [0.15, 0.2) is 18.2 Å².